The molecule has 1 fully saturated rings. The van der Waals surface area contributed by atoms with Gasteiger partial charge in [-0.05, 0) is 42.6 Å². The van der Waals surface area contributed by atoms with Gasteiger partial charge in [0.05, 0.1) is 0 Å². The van der Waals surface area contributed by atoms with Crippen molar-refractivity contribution < 1.29 is 0 Å². The predicted octanol–water partition coefficient (Wildman–Crippen LogP) is 4.09. The van der Waals surface area contributed by atoms with Crippen LogP contribution in [0.5, 0.6) is 0 Å². The van der Waals surface area contributed by atoms with Gasteiger partial charge in [-0.15, -0.1) is 0 Å². The summed E-state index contributed by atoms with van der Waals surface area (Å²) in [6.07, 6.45) is 1.23. The van der Waals surface area contributed by atoms with E-state index < -0.39 is 0 Å². The van der Waals surface area contributed by atoms with E-state index in [-0.39, 0.29) is 0 Å². The SMILES string of the molecule is CC(CCN1CCN(C)CC1)c1ccccc1-c1ccccc1. The Labute approximate surface area is 140 Å². The molecule has 2 aromatic carbocycles. The van der Waals surface area contributed by atoms with Crippen LogP contribution in [-0.2, 0) is 0 Å². The number of nitrogens with zero attached hydrogens (tertiary/aromatic N) is 2. The molecule has 0 radical (unpaired) electrons. The van der Waals surface area contributed by atoms with Crippen LogP contribution < -0.4 is 0 Å². The van der Waals surface area contributed by atoms with Crippen LogP contribution in [0.2, 0.25) is 0 Å². The fourth-order valence-corrected chi connectivity index (χ4v) is 3.41. The van der Waals surface area contributed by atoms with E-state index in [0.717, 1.165) is 0 Å². The molecule has 3 rings (SSSR count). The Morgan fingerprint density at radius 1 is 0.870 bits per heavy atom. The summed E-state index contributed by atoms with van der Waals surface area (Å²) in [6, 6.07) is 19.7. The minimum Gasteiger partial charge on any atom is -0.304 e. The molecule has 0 spiro atoms. The molecule has 1 saturated heterocycles. The van der Waals surface area contributed by atoms with Crippen LogP contribution in [0.15, 0.2) is 54.6 Å². The van der Waals surface area contributed by atoms with E-state index in [9.17, 15) is 0 Å². The molecule has 2 aromatic rings. The minimum atomic E-state index is 0.589. The van der Waals surface area contributed by atoms with Gasteiger partial charge in [0.25, 0.3) is 0 Å². The van der Waals surface area contributed by atoms with Crippen molar-refractivity contribution in [1.82, 2.24) is 9.80 Å². The van der Waals surface area contributed by atoms with Gasteiger partial charge < -0.3 is 9.80 Å². The van der Waals surface area contributed by atoms with Crippen molar-refractivity contribution in [3.05, 3.63) is 60.2 Å². The van der Waals surface area contributed by atoms with Crippen molar-refractivity contribution in [3.8, 4) is 11.1 Å². The van der Waals surface area contributed by atoms with Crippen LogP contribution in [0.4, 0.5) is 0 Å². The summed E-state index contributed by atoms with van der Waals surface area (Å²) < 4.78 is 0. The largest absolute Gasteiger partial charge is 0.304 e. The van der Waals surface area contributed by atoms with Crippen LogP contribution in [0.25, 0.3) is 11.1 Å². The first-order valence-corrected chi connectivity index (χ1v) is 8.79. The Morgan fingerprint density at radius 3 is 2.26 bits per heavy atom. The molecule has 0 aromatic heterocycles. The van der Waals surface area contributed by atoms with Gasteiger partial charge in [-0.1, -0.05) is 61.5 Å². The molecule has 1 aliphatic rings. The summed E-state index contributed by atoms with van der Waals surface area (Å²) in [5.74, 6) is 0.589. The lowest BCUT2D eigenvalue weighted by Gasteiger charge is -2.33. The highest BCUT2D eigenvalue weighted by atomic mass is 15.2. The van der Waals surface area contributed by atoms with Gasteiger partial charge in [0.15, 0.2) is 0 Å². The van der Waals surface area contributed by atoms with E-state index in [4.69, 9.17) is 0 Å². The summed E-state index contributed by atoms with van der Waals surface area (Å²) in [4.78, 5) is 5.03. The second-order valence-corrected chi connectivity index (χ2v) is 6.79. The average Bonchev–Trinajstić information content (AvgIpc) is 2.62. The van der Waals surface area contributed by atoms with Crippen LogP contribution in [0, 0.1) is 0 Å². The van der Waals surface area contributed by atoms with Crippen molar-refractivity contribution in [3.63, 3.8) is 0 Å². The quantitative estimate of drug-likeness (QED) is 0.820. The molecule has 2 heteroatoms. The van der Waals surface area contributed by atoms with Gasteiger partial charge in [0.2, 0.25) is 0 Å². The maximum absolute atomic E-state index is 2.61. The Kier molecular flexibility index (Phi) is 5.47. The predicted molar refractivity (Wildman–Crippen MR) is 98.8 cm³/mol. The van der Waals surface area contributed by atoms with Gasteiger partial charge in [0.1, 0.15) is 0 Å². The van der Waals surface area contributed by atoms with Gasteiger partial charge >= 0.3 is 0 Å². The van der Waals surface area contributed by atoms with E-state index in [1.807, 2.05) is 0 Å². The van der Waals surface area contributed by atoms with Crippen molar-refractivity contribution >= 4 is 0 Å². The molecule has 1 unspecified atom stereocenters. The number of hydrogen-bond acceptors (Lipinski definition) is 2. The molecule has 1 atom stereocenters. The van der Waals surface area contributed by atoms with Crippen LogP contribution >= 0.6 is 0 Å². The molecule has 1 aliphatic heterocycles. The van der Waals surface area contributed by atoms with Gasteiger partial charge in [0, 0.05) is 26.2 Å². The zero-order valence-electron chi connectivity index (χ0n) is 14.4. The first kappa shape index (κ1) is 16.2. The first-order chi connectivity index (χ1) is 11.2. The molecule has 1 heterocycles. The van der Waals surface area contributed by atoms with E-state index in [2.05, 4.69) is 78.4 Å². The number of likely N-dealkylation sites (N-methyl/N-ethyl adjacent to an activating group) is 1. The summed E-state index contributed by atoms with van der Waals surface area (Å²) >= 11 is 0. The summed E-state index contributed by atoms with van der Waals surface area (Å²) in [6.45, 7) is 8.41. The average molecular weight is 308 g/mol. The molecule has 0 saturated carbocycles. The van der Waals surface area contributed by atoms with Crippen molar-refractivity contribution in [1.29, 1.82) is 0 Å². The smallest absolute Gasteiger partial charge is 0.0110 e. The van der Waals surface area contributed by atoms with Gasteiger partial charge in [-0.2, -0.15) is 0 Å². The summed E-state index contributed by atoms with van der Waals surface area (Å²) in [5, 5.41) is 0. The number of rotatable bonds is 5. The Bertz CT molecular complexity index is 600. The third kappa shape index (κ3) is 4.21. The van der Waals surface area contributed by atoms with E-state index in [0.29, 0.717) is 5.92 Å². The standard InChI is InChI=1S/C21H28N2/c1-18(12-13-23-16-14-22(2)15-17-23)20-10-6-7-11-21(20)19-8-4-3-5-9-19/h3-11,18H,12-17H2,1-2H3. The second-order valence-electron chi connectivity index (χ2n) is 6.79. The Balaban J connectivity index is 1.67. The van der Waals surface area contributed by atoms with Gasteiger partial charge in [-0.3, -0.25) is 0 Å². The Hall–Kier alpha value is -1.64. The molecule has 0 aliphatic carbocycles. The molecule has 2 nitrogen and oxygen atoms in total. The fourth-order valence-electron chi connectivity index (χ4n) is 3.41. The zero-order chi connectivity index (χ0) is 16.1. The summed E-state index contributed by atoms with van der Waals surface area (Å²) in [5.41, 5.74) is 4.20. The molecule has 23 heavy (non-hydrogen) atoms. The van der Waals surface area contributed by atoms with Crippen molar-refractivity contribution in [2.45, 2.75) is 19.3 Å². The third-order valence-corrected chi connectivity index (χ3v) is 5.05. The van der Waals surface area contributed by atoms with E-state index in [1.54, 1.807) is 0 Å². The van der Waals surface area contributed by atoms with Crippen LogP contribution in [-0.4, -0.2) is 49.6 Å². The molecule has 0 bridgehead atoms. The number of benzene rings is 2. The normalized spacial score (nSPS) is 18.0. The maximum atomic E-state index is 2.61. The monoisotopic (exact) mass is 308 g/mol. The Morgan fingerprint density at radius 2 is 1.52 bits per heavy atom. The topological polar surface area (TPSA) is 6.48 Å². The van der Waals surface area contributed by atoms with E-state index in [1.165, 1.54) is 55.8 Å². The molecular formula is C21H28N2. The minimum absolute atomic E-state index is 0.589. The molecule has 122 valence electrons. The lowest BCUT2D eigenvalue weighted by Crippen LogP contribution is -2.44. The fraction of sp³-hybridized carbons (Fsp3) is 0.429. The highest BCUT2D eigenvalue weighted by molar-refractivity contribution is 5.67. The lowest BCUT2D eigenvalue weighted by atomic mass is 9.89. The lowest BCUT2D eigenvalue weighted by molar-refractivity contribution is 0.151. The highest BCUT2D eigenvalue weighted by Gasteiger charge is 2.16. The summed E-state index contributed by atoms with van der Waals surface area (Å²) in [7, 11) is 2.22. The second kappa shape index (κ2) is 7.76. The number of hydrogen-bond donors (Lipinski definition) is 0. The molecule has 0 amide bonds. The van der Waals surface area contributed by atoms with Crippen LogP contribution in [0.1, 0.15) is 24.8 Å². The third-order valence-electron chi connectivity index (χ3n) is 5.05. The zero-order valence-corrected chi connectivity index (χ0v) is 14.4. The molecular weight excluding hydrogens is 280 g/mol. The van der Waals surface area contributed by atoms with Crippen molar-refractivity contribution in [2.75, 3.05) is 39.8 Å². The highest BCUT2D eigenvalue weighted by Crippen LogP contribution is 2.30. The first-order valence-electron chi connectivity index (χ1n) is 8.79. The maximum Gasteiger partial charge on any atom is 0.0110 e. The van der Waals surface area contributed by atoms with Crippen LogP contribution in [0.3, 0.4) is 0 Å². The van der Waals surface area contributed by atoms with E-state index >= 15 is 0 Å². The van der Waals surface area contributed by atoms with Gasteiger partial charge in [-0.25, -0.2) is 0 Å². The molecule has 0 N–H and O–H groups in total. The van der Waals surface area contributed by atoms with Crippen molar-refractivity contribution in [2.24, 2.45) is 0 Å². The number of piperazine rings is 1.